The van der Waals surface area contributed by atoms with Gasteiger partial charge in [0, 0.05) is 18.4 Å². The maximum Gasteiger partial charge on any atom is 0.325 e. The molecule has 1 atom stereocenters. The van der Waals surface area contributed by atoms with Crippen molar-refractivity contribution < 1.29 is 9.59 Å². The lowest BCUT2D eigenvalue weighted by Gasteiger charge is -2.19. The van der Waals surface area contributed by atoms with Crippen molar-refractivity contribution in [3.05, 3.63) is 24.0 Å². The summed E-state index contributed by atoms with van der Waals surface area (Å²) >= 11 is 0. The summed E-state index contributed by atoms with van der Waals surface area (Å²) in [5.41, 5.74) is 0.849. The molecule has 2 rings (SSSR count). The first-order valence-corrected chi connectivity index (χ1v) is 7.33. The van der Waals surface area contributed by atoms with E-state index in [2.05, 4.69) is 22.5 Å². The van der Waals surface area contributed by atoms with Crippen molar-refractivity contribution in [2.24, 2.45) is 0 Å². The number of pyridine rings is 1. The molecular weight excluding hydrogens is 268 g/mol. The number of nitrogens with zero attached hydrogens (tertiary/aromatic N) is 2. The van der Waals surface area contributed by atoms with E-state index in [1.165, 1.54) is 4.90 Å². The molecule has 0 radical (unpaired) electrons. The molecule has 0 bridgehead atoms. The number of urea groups is 1. The molecule has 1 aliphatic heterocycles. The summed E-state index contributed by atoms with van der Waals surface area (Å²) in [4.78, 5) is 29.8. The van der Waals surface area contributed by atoms with Crippen LogP contribution in [0.2, 0.25) is 0 Å². The van der Waals surface area contributed by atoms with Gasteiger partial charge in [0.2, 0.25) is 0 Å². The minimum Gasteiger partial charge on any atom is -0.385 e. The van der Waals surface area contributed by atoms with Crippen molar-refractivity contribution in [3.63, 3.8) is 0 Å². The SMILES string of the molecule is CCCNc1ccnc(CN2C(=O)NC(C)(CC)C2=O)c1. The molecule has 21 heavy (non-hydrogen) atoms. The highest BCUT2D eigenvalue weighted by molar-refractivity contribution is 6.06. The Bertz CT molecular complexity index is 546. The maximum atomic E-state index is 12.3. The number of hydrogen-bond donors (Lipinski definition) is 2. The Hall–Kier alpha value is -2.11. The Labute approximate surface area is 124 Å². The van der Waals surface area contributed by atoms with E-state index in [4.69, 9.17) is 0 Å². The first kappa shape index (κ1) is 15.3. The normalized spacial score (nSPS) is 21.6. The number of rotatable bonds is 6. The summed E-state index contributed by atoms with van der Waals surface area (Å²) in [6.07, 6.45) is 3.28. The average molecular weight is 290 g/mol. The molecule has 1 aromatic heterocycles. The Morgan fingerprint density at radius 3 is 2.76 bits per heavy atom. The molecule has 6 heteroatoms. The molecule has 6 nitrogen and oxygen atoms in total. The van der Waals surface area contributed by atoms with E-state index < -0.39 is 5.54 Å². The molecule has 2 N–H and O–H groups in total. The number of carbonyl (C=O) groups excluding carboxylic acids is 2. The van der Waals surface area contributed by atoms with Crippen molar-refractivity contribution in [2.45, 2.75) is 45.7 Å². The number of anilines is 1. The standard InChI is InChI=1S/C15H22N4O2/c1-4-7-16-11-6-8-17-12(9-11)10-19-13(20)15(3,5-2)18-14(19)21/h6,8-9H,4-5,7,10H2,1-3H3,(H,16,17)(H,18,21). The lowest BCUT2D eigenvalue weighted by Crippen LogP contribution is -2.43. The molecule has 0 aliphatic carbocycles. The zero-order chi connectivity index (χ0) is 15.5. The summed E-state index contributed by atoms with van der Waals surface area (Å²) in [5.74, 6) is -0.191. The van der Waals surface area contributed by atoms with Crippen LogP contribution in [0, 0.1) is 0 Å². The second kappa shape index (κ2) is 6.11. The van der Waals surface area contributed by atoms with Gasteiger partial charge in [-0.1, -0.05) is 13.8 Å². The molecular formula is C15H22N4O2. The van der Waals surface area contributed by atoms with E-state index >= 15 is 0 Å². The summed E-state index contributed by atoms with van der Waals surface area (Å²) in [6, 6.07) is 3.40. The summed E-state index contributed by atoms with van der Waals surface area (Å²) in [6.45, 7) is 6.80. The lowest BCUT2D eigenvalue weighted by molar-refractivity contribution is -0.131. The van der Waals surface area contributed by atoms with E-state index in [-0.39, 0.29) is 18.5 Å². The van der Waals surface area contributed by atoms with Crippen LogP contribution in [0.3, 0.4) is 0 Å². The monoisotopic (exact) mass is 290 g/mol. The molecule has 2 heterocycles. The van der Waals surface area contributed by atoms with Crippen LogP contribution >= 0.6 is 0 Å². The van der Waals surface area contributed by atoms with Crippen molar-refractivity contribution in [1.29, 1.82) is 0 Å². The van der Waals surface area contributed by atoms with E-state index in [1.54, 1.807) is 13.1 Å². The molecule has 1 aromatic rings. The topological polar surface area (TPSA) is 74.3 Å². The largest absolute Gasteiger partial charge is 0.385 e. The summed E-state index contributed by atoms with van der Waals surface area (Å²) in [7, 11) is 0. The summed E-state index contributed by atoms with van der Waals surface area (Å²) < 4.78 is 0. The molecule has 0 aromatic carbocycles. The van der Waals surface area contributed by atoms with Gasteiger partial charge in [0.05, 0.1) is 12.2 Å². The van der Waals surface area contributed by atoms with E-state index in [1.807, 2.05) is 19.1 Å². The number of nitrogens with one attached hydrogen (secondary N) is 2. The van der Waals surface area contributed by atoms with Crippen LogP contribution in [-0.2, 0) is 11.3 Å². The smallest absolute Gasteiger partial charge is 0.325 e. The van der Waals surface area contributed by atoms with Crippen molar-refractivity contribution in [1.82, 2.24) is 15.2 Å². The van der Waals surface area contributed by atoms with Crippen molar-refractivity contribution >= 4 is 17.6 Å². The maximum absolute atomic E-state index is 12.3. The third kappa shape index (κ3) is 3.15. The van der Waals surface area contributed by atoms with Crippen LogP contribution in [0.5, 0.6) is 0 Å². The van der Waals surface area contributed by atoms with Gasteiger partial charge in [-0.25, -0.2) is 4.79 Å². The molecule has 1 fully saturated rings. The molecule has 1 aliphatic rings. The molecule has 0 spiro atoms. The van der Waals surface area contributed by atoms with Gasteiger partial charge in [0.25, 0.3) is 5.91 Å². The fourth-order valence-electron chi connectivity index (χ4n) is 2.24. The van der Waals surface area contributed by atoms with E-state index in [0.717, 1.165) is 18.7 Å². The van der Waals surface area contributed by atoms with Crippen LogP contribution in [0.25, 0.3) is 0 Å². The number of imide groups is 1. The lowest BCUT2D eigenvalue weighted by atomic mass is 9.99. The molecule has 3 amide bonds. The predicted molar refractivity (Wildman–Crippen MR) is 80.8 cm³/mol. The summed E-state index contributed by atoms with van der Waals surface area (Å²) in [5, 5.41) is 6.01. The third-order valence-corrected chi connectivity index (χ3v) is 3.77. The first-order valence-electron chi connectivity index (χ1n) is 7.33. The Morgan fingerprint density at radius 1 is 1.38 bits per heavy atom. The fraction of sp³-hybridized carbons (Fsp3) is 0.533. The molecule has 1 unspecified atom stereocenters. The van der Waals surface area contributed by atoms with Gasteiger partial charge in [-0.05, 0) is 31.9 Å². The van der Waals surface area contributed by atoms with Gasteiger partial charge < -0.3 is 10.6 Å². The Morgan fingerprint density at radius 2 is 2.14 bits per heavy atom. The van der Waals surface area contributed by atoms with Gasteiger partial charge >= 0.3 is 6.03 Å². The number of aromatic nitrogens is 1. The molecule has 114 valence electrons. The minimum absolute atomic E-state index is 0.191. The van der Waals surface area contributed by atoms with Crippen LogP contribution in [0.1, 0.15) is 39.3 Å². The van der Waals surface area contributed by atoms with E-state index in [9.17, 15) is 9.59 Å². The second-order valence-corrected chi connectivity index (χ2v) is 5.47. The molecule has 0 saturated carbocycles. The first-order chi connectivity index (χ1) is 10.00. The van der Waals surface area contributed by atoms with Gasteiger partial charge in [-0.2, -0.15) is 0 Å². The molecule has 1 saturated heterocycles. The van der Waals surface area contributed by atoms with Gasteiger partial charge in [-0.3, -0.25) is 14.7 Å². The number of hydrogen-bond acceptors (Lipinski definition) is 4. The number of carbonyl (C=O) groups is 2. The van der Waals surface area contributed by atoms with Gasteiger partial charge in [-0.15, -0.1) is 0 Å². The van der Waals surface area contributed by atoms with Crippen LogP contribution in [-0.4, -0.2) is 33.9 Å². The fourth-order valence-corrected chi connectivity index (χ4v) is 2.24. The van der Waals surface area contributed by atoms with E-state index in [0.29, 0.717) is 12.1 Å². The predicted octanol–water partition coefficient (Wildman–Crippen LogP) is 2.12. The highest BCUT2D eigenvalue weighted by Gasteiger charge is 2.46. The van der Waals surface area contributed by atoms with Crippen LogP contribution in [0.15, 0.2) is 18.3 Å². The highest BCUT2D eigenvalue weighted by Crippen LogP contribution is 2.22. The highest BCUT2D eigenvalue weighted by atomic mass is 16.2. The average Bonchev–Trinajstić information content (AvgIpc) is 2.70. The second-order valence-electron chi connectivity index (χ2n) is 5.47. The van der Waals surface area contributed by atoms with Crippen LogP contribution < -0.4 is 10.6 Å². The van der Waals surface area contributed by atoms with Gasteiger partial charge in [0.15, 0.2) is 0 Å². The van der Waals surface area contributed by atoms with Crippen molar-refractivity contribution in [2.75, 3.05) is 11.9 Å². The zero-order valence-corrected chi connectivity index (χ0v) is 12.8. The Kier molecular flexibility index (Phi) is 4.45. The Balaban J connectivity index is 2.11. The van der Waals surface area contributed by atoms with Crippen molar-refractivity contribution in [3.8, 4) is 0 Å². The number of amides is 3. The van der Waals surface area contributed by atoms with Gasteiger partial charge in [0.1, 0.15) is 5.54 Å². The van der Waals surface area contributed by atoms with Crippen LogP contribution in [0.4, 0.5) is 10.5 Å². The third-order valence-electron chi connectivity index (χ3n) is 3.77. The minimum atomic E-state index is -0.796. The zero-order valence-electron chi connectivity index (χ0n) is 12.8. The quantitative estimate of drug-likeness (QED) is 0.787.